The van der Waals surface area contributed by atoms with Gasteiger partial charge in [0.2, 0.25) is 0 Å². The zero-order chi connectivity index (χ0) is 18.9. The summed E-state index contributed by atoms with van der Waals surface area (Å²) in [6.45, 7) is 7.62. The third kappa shape index (κ3) is 3.65. The van der Waals surface area contributed by atoms with Gasteiger partial charge >= 0.3 is 0 Å². The number of aryl methyl sites for hydroxylation is 4. The number of nitrogens with one attached hydrogen (secondary N) is 1. The molecule has 5 nitrogen and oxygen atoms in total. The van der Waals surface area contributed by atoms with Crippen LogP contribution in [0.4, 0.5) is 5.69 Å². The Balaban J connectivity index is 2.05. The fourth-order valence-corrected chi connectivity index (χ4v) is 4.35. The average Bonchev–Trinajstić information content (AvgIpc) is 3.03. The summed E-state index contributed by atoms with van der Waals surface area (Å²) in [6.07, 6.45) is 0.610. The van der Waals surface area contributed by atoms with Gasteiger partial charge in [-0.15, -0.1) is 0 Å². The van der Waals surface area contributed by atoms with E-state index in [0.717, 1.165) is 22.4 Å². The molecule has 0 aliphatic carbocycles. The molecule has 0 aliphatic heterocycles. The standard InChI is InChI=1S/C20H22N2O3S/c1-5-16-7-8-17(19-11-15(4)21-25-19)12-20(16)26(23,24)22-18-9-6-13(2)10-14(18)3/h6-12,22H,5H2,1-4H3. The van der Waals surface area contributed by atoms with E-state index in [0.29, 0.717) is 23.4 Å². The molecule has 3 rings (SSSR count). The second-order valence-corrected chi connectivity index (χ2v) is 8.08. The van der Waals surface area contributed by atoms with E-state index in [2.05, 4.69) is 9.88 Å². The van der Waals surface area contributed by atoms with Gasteiger partial charge in [-0.05, 0) is 50.5 Å². The summed E-state index contributed by atoms with van der Waals surface area (Å²) in [5.74, 6) is 0.549. The van der Waals surface area contributed by atoms with E-state index < -0.39 is 10.0 Å². The van der Waals surface area contributed by atoms with Crippen molar-refractivity contribution in [2.24, 2.45) is 0 Å². The topological polar surface area (TPSA) is 72.2 Å². The molecular formula is C20H22N2O3S. The fourth-order valence-electron chi connectivity index (χ4n) is 2.88. The van der Waals surface area contributed by atoms with Crippen LogP contribution in [0.15, 0.2) is 51.9 Å². The van der Waals surface area contributed by atoms with E-state index in [9.17, 15) is 8.42 Å². The molecule has 0 unspecified atom stereocenters. The summed E-state index contributed by atoms with van der Waals surface area (Å²) in [5.41, 5.74) is 4.73. The molecule has 3 aromatic rings. The molecule has 0 saturated carbocycles. The Kier molecular flexibility index (Phi) is 4.87. The van der Waals surface area contributed by atoms with Crippen molar-refractivity contribution >= 4 is 15.7 Å². The molecule has 26 heavy (non-hydrogen) atoms. The third-order valence-corrected chi connectivity index (χ3v) is 5.72. The van der Waals surface area contributed by atoms with Crippen molar-refractivity contribution in [3.8, 4) is 11.3 Å². The number of hydrogen-bond donors (Lipinski definition) is 1. The highest BCUT2D eigenvalue weighted by atomic mass is 32.2. The van der Waals surface area contributed by atoms with Crippen LogP contribution in [0.2, 0.25) is 0 Å². The summed E-state index contributed by atoms with van der Waals surface area (Å²) in [5, 5.41) is 3.87. The van der Waals surface area contributed by atoms with Crippen LogP contribution < -0.4 is 4.72 Å². The van der Waals surface area contributed by atoms with Crippen molar-refractivity contribution in [2.45, 2.75) is 39.0 Å². The number of rotatable bonds is 5. The van der Waals surface area contributed by atoms with Gasteiger partial charge in [0.05, 0.1) is 16.3 Å². The zero-order valence-corrected chi connectivity index (χ0v) is 16.1. The lowest BCUT2D eigenvalue weighted by Gasteiger charge is -2.14. The van der Waals surface area contributed by atoms with E-state index in [1.807, 2.05) is 52.0 Å². The van der Waals surface area contributed by atoms with E-state index in [-0.39, 0.29) is 4.90 Å². The van der Waals surface area contributed by atoms with Gasteiger partial charge in [-0.25, -0.2) is 8.42 Å². The molecular weight excluding hydrogens is 348 g/mol. The number of anilines is 1. The lowest BCUT2D eigenvalue weighted by atomic mass is 10.1. The molecule has 0 saturated heterocycles. The van der Waals surface area contributed by atoms with Gasteiger partial charge in [0.1, 0.15) is 0 Å². The summed E-state index contributed by atoms with van der Waals surface area (Å²) < 4.78 is 34.1. The number of hydrogen-bond acceptors (Lipinski definition) is 4. The Bertz CT molecular complexity index is 1050. The Morgan fingerprint density at radius 2 is 1.81 bits per heavy atom. The molecule has 2 aromatic carbocycles. The first-order chi connectivity index (χ1) is 12.3. The lowest BCUT2D eigenvalue weighted by molar-refractivity contribution is 0.427. The predicted molar refractivity (Wildman–Crippen MR) is 103 cm³/mol. The van der Waals surface area contributed by atoms with Crippen LogP contribution in [0.25, 0.3) is 11.3 Å². The predicted octanol–water partition coefficient (Wildman–Crippen LogP) is 4.63. The Morgan fingerprint density at radius 1 is 1.04 bits per heavy atom. The SMILES string of the molecule is CCc1ccc(-c2cc(C)no2)cc1S(=O)(=O)Nc1ccc(C)cc1C. The molecule has 1 aromatic heterocycles. The number of nitrogens with zero attached hydrogens (tertiary/aromatic N) is 1. The van der Waals surface area contributed by atoms with E-state index in [1.165, 1.54) is 0 Å². The summed E-state index contributed by atoms with van der Waals surface area (Å²) >= 11 is 0. The first-order valence-corrected chi connectivity index (χ1v) is 9.95. The molecule has 0 atom stereocenters. The van der Waals surface area contributed by atoms with Gasteiger partial charge < -0.3 is 4.52 Å². The highest BCUT2D eigenvalue weighted by Gasteiger charge is 2.20. The molecule has 6 heteroatoms. The van der Waals surface area contributed by atoms with Gasteiger partial charge in [-0.3, -0.25) is 4.72 Å². The van der Waals surface area contributed by atoms with Crippen molar-refractivity contribution in [1.29, 1.82) is 0 Å². The maximum Gasteiger partial charge on any atom is 0.262 e. The molecule has 0 bridgehead atoms. The van der Waals surface area contributed by atoms with E-state index >= 15 is 0 Å². The minimum atomic E-state index is -3.73. The van der Waals surface area contributed by atoms with Crippen molar-refractivity contribution < 1.29 is 12.9 Å². The first kappa shape index (κ1) is 18.2. The molecule has 0 spiro atoms. The van der Waals surface area contributed by atoms with Crippen LogP contribution in [-0.4, -0.2) is 13.6 Å². The van der Waals surface area contributed by atoms with E-state index in [4.69, 9.17) is 4.52 Å². The van der Waals surface area contributed by atoms with Crippen molar-refractivity contribution in [3.63, 3.8) is 0 Å². The average molecular weight is 370 g/mol. The van der Waals surface area contributed by atoms with Crippen LogP contribution in [0, 0.1) is 20.8 Å². The first-order valence-electron chi connectivity index (χ1n) is 8.47. The second-order valence-electron chi connectivity index (χ2n) is 6.43. The van der Waals surface area contributed by atoms with Crippen LogP contribution in [0.1, 0.15) is 29.3 Å². The molecule has 1 N–H and O–H groups in total. The molecule has 136 valence electrons. The van der Waals surface area contributed by atoms with Crippen molar-refractivity contribution in [2.75, 3.05) is 4.72 Å². The Hall–Kier alpha value is -2.60. The van der Waals surface area contributed by atoms with Gasteiger partial charge in [0.25, 0.3) is 10.0 Å². The number of benzene rings is 2. The number of sulfonamides is 1. The monoisotopic (exact) mass is 370 g/mol. The normalized spacial score (nSPS) is 11.5. The maximum absolute atomic E-state index is 13.0. The van der Waals surface area contributed by atoms with Crippen molar-refractivity contribution in [1.82, 2.24) is 5.16 Å². The van der Waals surface area contributed by atoms with E-state index in [1.54, 1.807) is 18.2 Å². The van der Waals surface area contributed by atoms with Crippen LogP contribution >= 0.6 is 0 Å². The van der Waals surface area contributed by atoms with Gasteiger partial charge in [-0.2, -0.15) is 0 Å². The smallest absolute Gasteiger partial charge is 0.262 e. The highest BCUT2D eigenvalue weighted by molar-refractivity contribution is 7.92. The quantitative estimate of drug-likeness (QED) is 0.711. The van der Waals surface area contributed by atoms with Gasteiger partial charge in [0, 0.05) is 11.6 Å². The molecule has 0 fully saturated rings. The zero-order valence-electron chi connectivity index (χ0n) is 15.3. The minimum Gasteiger partial charge on any atom is -0.356 e. The van der Waals surface area contributed by atoms with Crippen LogP contribution in [-0.2, 0) is 16.4 Å². The lowest BCUT2D eigenvalue weighted by Crippen LogP contribution is -2.16. The maximum atomic E-state index is 13.0. The van der Waals surface area contributed by atoms with Crippen molar-refractivity contribution in [3.05, 3.63) is 64.8 Å². The highest BCUT2D eigenvalue weighted by Crippen LogP contribution is 2.28. The third-order valence-electron chi connectivity index (χ3n) is 4.28. The molecule has 0 amide bonds. The van der Waals surface area contributed by atoms with Gasteiger partial charge in [-0.1, -0.05) is 41.9 Å². The summed E-state index contributed by atoms with van der Waals surface area (Å²) in [6, 6.07) is 12.7. The second kappa shape index (κ2) is 6.96. The summed E-state index contributed by atoms with van der Waals surface area (Å²) in [7, 11) is -3.73. The fraction of sp³-hybridized carbons (Fsp3) is 0.250. The Morgan fingerprint density at radius 3 is 2.42 bits per heavy atom. The summed E-state index contributed by atoms with van der Waals surface area (Å²) in [4.78, 5) is 0.256. The minimum absolute atomic E-state index is 0.256. The number of aromatic nitrogens is 1. The van der Waals surface area contributed by atoms with Crippen LogP contribution in [0.5, 0.6) is 0 Å². The molecule has 1 heterocycles. The largest absolute Gasteiger partial charge is 0.356 e. The molecule has 0 radical (unpaired) electrons. The van der Waals surface area contributed by atoms with Gasteiger partial charge in [0.15, 0.2) is 5.76 Å². The van der Waals surface area contributed by atoms with Crippen LogP contribution in [0.3, 0.4) is 0 Å². The Labute approximate surface area is 154 Å². The molecule has 0 aliphatic rings.